The van der Waals surface area contributed by atoms with Crippen LogP contribution in [0.1, 0.15) is 20.3 Å². The minimum atomic E-state index is -5.00. The fraction of sp³-hybridized carbons (Fsp3) is 0.857. The van der Waals surface area contributed by atoms with Crippen LogP contribution in [0, 0.1) is 5.92 Å². The van der Waals surface area contributed by atoms with Gasteiger partial charge in [-0.2, -0.15) is 13.2 Å². The third-order valence-electron chi connectivity index (χ3n) is 3.13. The maximum absolute atomic E-state index is 13.5. The number of esters is 1. The Morgan fingerprint density at radius 2 is 1.70 bits per heavy atom. The number of hydrogen-bond donors (Lipinski definition) is 1. The number of halogens is 3. The second kappa shape index (κ2) is 8.03. The summed E-state index contributed by atoms with van der Waals surface area (Å²) in [5, 5.41) is 1.69. The molecule has 9 heteroatoms. The fourth-order valence-corrected chi connectivity index (χ4v) is 2.65. The number of alkyl halides is 3. The molecule has 0 radical (unpaired) electrons. The van der Waals surface area contributed by atoms with Crippen molar-refractivity contribution in [2.45, 2.75) is 57.7 Å². The Labute approximate surface area is 135 Å². The first kappa shape index (κ1) is 21.7. The number of amides is 1. The second-order valence-corrected chi connectivity index (χ2v) is 12.7. The average Bonchev–Trinajstić information content (AvgIpc) is 2.33. The van der Waals surface area contributed by atoms with E-state index in [2.05, 4.69) is 4.74 Å². The monoisotopic (exact) mass is 357 g/mol. The number of alkyl carbamates (subject to hydrolysis) is 1. The van der Waals surface area contributed by atoms with Crippen molar-refractivity contribution >= 4 is 20.1 Å². The molecule has 1 atom stereocenters. The number of methoxy groups -OCH3 is 1. The van der Waals surface area contributed by atoms with Crippen molar-refractivity contribution in [3.8, 4) is 0 Å². The molecule has 1 N–H and O–H groups in total. The van der Waals surface area contributed by atoms with Gasteiger partial charge in [-0.25, -0.2) is 9.59 Å². The van der Waals surface area contributed by atoms with Crippen LogP contribution in [0.4, 0.5) is 18.0 Å². The lowest BCUT2D eigenvalue weighted by molar-refractivity contribution is -0.213. The molecule has 0 fully saturated rings. The van der Waals surface area contributed by atoms with Crippen LogP contribution < -0.4 is 5.32 Å². The Kier molecular flexibility index (Phi) is 7.59. The van der Waals surface area contributed by atoms with Gasteiger partial charge in [-0.1, -0.05) is 33.5 Å². The van der Waals surface area contributed by atoms with Gasteiger partial charge < -0.3 is 9.47 Å². The van der Waals surface area contributed by atoms with Gasteiger partial charge in [0.05, 0.1) is 13.7 Å². The molecule has 1 amide bonds. The van der Waals surface area contributed by atoms with Crippen LogP contribution in [0.25, 0.3) is 0 Å². The summed E-state index contributed by atoms with van der Waals surface area (Å²) in [5.74, 6) is -2.06. The van der Waals surface area contributed by atoms with Crippen molar-refractivity contribution in [1.29, 1.82) is 0 Å². The highest BCUT2D eigenvalue weighted by atomic mass is 28.3. The molecule has 0 aliphatic rings. The molecule has 0 saturated carbocycles. The number of nitrogens with one attached hydrogen (secondary N) is 1. The molecule has 0 rings (SSSR count). The number of rotatable bonds is 7. The average molecular weight is 357 g/mol. The standard InChI is InChI=1S/C14H26F3NO4Si/c1-10(2)9-13(11(19)21-3,14(15,16)17)18-12(20)22-7-8-23(4,5)6/h10H,7-9H2,1-6H3,(H,18,20)/t13-/m1/s1. The van der Waals surface area contributed by atoms with Gasteiger partial charge in [-0.3, -0.25) is 5.32 Å². The summed E-state index contributed by atoms with van der Waals surface area (Å²) in [7, 11) is -0.644. The van der Waals surface area contributed by atoms with Crippen molar-refractivity contribution in [1.82, 2.24) is 5.32 Å². The predicted octanol–water partition coefficient (Wildman–Crippen LogP) is 3.57. The molecule has 0 unspecified atom stereocenters. The molecule has 0 aromatic carbocycles. The van der Waals surface area contributed by atoms with E-state index < -0.39 is 44.2 Å². The van der Waals surface area contributed by atoms with E-state index in [9.17, 15) is 22.8 Å². The predicted molar refractivity (Wildman–Crippen MR) is 82.9 cm³/mol. The smallest absolute Gasteiger partial charge is 0.422 e. The van der Waals surface area contributed by atoms with Gasteiger partial charge in [0, 0.05) is 8.07 Å². The molecule has 23 heavy (non-hydrogen) atoms. The summed E-state index contributed by atoms with van der Waals surface area (Å²) >= 11 is 0. The molecule has 136 valence electrons. The molecular weight excluding hydrogens is 331 g/mol. The first-order valence-corrected chi connectivity index (χ1v) is 11.1. The van der Waals surface area contributed by atoms with E-state index in [1.807, 2.05) is 19.6 Å². The zero-order chi connectivity index (χ0) is 18.5. The molecule has 5 nitrogen and oxygen atoms in total. The van der Waals surface area contributed by atoms with Crippen molar-refractivity contribution in [3.05, 3.63) is 0 Å². The minimum absolute atomic E-state index is 0.0122. The van der Waals surface area contributed by atoms with Crippen LogP contribution in [0.15, 0.2) is 0 Å². The van der Waals surface area contributed by atoms with Gasteiger partial charge in [0.15, 0.2) is 0 Å². The summed E-state index contributed by atoms with van der Waals surface area (Å²) in [4.78, 5) is 23.5. The molecule has 0 aromatic heterocycles. The maximum atomic E-state index is 13.5. The third-order valence-corrected chi connectivity index (χ3v) is 4.84. The Bertz CT molecular complexity index is 421. The van der Waals surface area contributed by atoms with Crippen LogP contribution >= 0.6 is 0 Å². The lowest BCUT2D eigenvalue weighted by Gasteiger charge is -2.34. The zero-order valence-electron chi connectivity index (χ0n) is 14.5. The van der Waals surface area contributed by atoms with E-state index in [0.29, 0.717) is 6.04 Å². The number of ether oxygens (including phenoxy) is 2. The number of carbonyl (C=O) groups is 2. The molecule has 0 saturated heterocycles. The minimum Gasteiger partial charge on any atom is -0.467 e. The van der Waals surface area contributed by atoms with Crippen LogP contribution in [0.2, 0.25) is 25.7 Å². The highest BCUT2D eigenvalue weighted by molar-refractivity contribution is 6.76. The summed E-state index contributed by atoms with van der Waals surface area (Å²) in [5.41, 5.74) is -3.10. The van der Waals surface area contributed by atoms with Crippen molar-refractivity contribution in [2.75, 3.05) is 13.7 Å². The second-order valence-electron chi connectivity index (χ2n) is 7.06. The van der Waals surface area contributed by atoms with Gasteiger partial charge in [-0.15, -0.1) is 0 Å². The van der Waals surface area contributed by atoms with E-state index in [-0.39, 0.29) is 6.61 Å². The van der Waals surface area contributed by atoms with Gasteiger partial charge in [0.25, 0.3) is 0 Å². The summed E-state index contributed by atoms with van der Waals surface area (Å²) in [6, 6.07) is 0.613. The van der Waals surface area contributed by atoms with Crippen LogP contribution in [0.3, 0.4) is 0 Å². The van der Waals surface area contributed by atoms with Gasteiger partial charge >= 0.3 is 18.2 Å². The highest BCUT2D eigenvalue weighted by Gasteiger charge is 2.63. The van der Waals surface area contributed by atoms with Gasteiger partial charge in [-0.05, 0) is 18.4 Å². The first-order chi connectivity index (χ1) is 10.2. The Morgan fingerprint density at radius 1 is 1.17 bits per heavy atom. The fourth-order valence-electron chi connectivity index (χ4n) is 1.93. The van der Waals surface area contributed by atoms with E-state index in [1.54, 1.807) is 5.32 Å². The summed E-state index contributed by atoms with van der Waals surface area (Å²) < 4.78 is 49.5. The van der Waals surface area contributed by atoms with Crippen molar-refractivity contribution < 1.29 is 32.2 Å². The van der Waals surface area contributed by atoms with Gasteiger partial charge in [0.2, 0.25) is 5.54 Å². The summed E-state index contributed by atoms with van der Waals surface area (Å²) in [6.45, 7) is 9.17. The molecule has 0 spiro atoms. The van der Waals surface area contributed by atoms with E-state index in [1.165, 1.54) is 13.8 Å². The summed E-state index contributed by atoms with van der Waals surface area (Å²) in [6.07, 6.45) is -6.90. The molecule has 0 aliphatic heterocycles. The largest absolute Gasteiger partial charge is 0.467 e. The van der Waals surface area contributed by atoms with E-state index in [0.717, 1.165) is 7.11 Å². The maximum Gasteiger partial charge on any atom is 0.422 e. The first-order valence-electron chi connectivity index (χ1n) is 7.35. The van der Waals surface area contributed by atoms with Crippen LogP contribution in [-0.4, -0.2) is 45.6 Å². The van der Waals surface area contributed by atoms with Crippen molar-refractivity contribution in [2.24, 2.45) is 5.92 Å². The van der Waals surface area contributed by atoms with E-state index in [4.69, 9.17) is 4.74 Å². The molecule has 0 heterocycles. The third kappa shape index (κ3) is 6.80. The van der Waals surface area contributed by atoms with Gasteiger partial charge in [0.1, 0.15) is 0 Å². The molecule has 0 aliphatic carbocycles. The highest BCUT2D eigenvalue weighted by Crippen LogP contribution is 2.36. The zero-order valence-corrected chi connectivity index (χ0v) is 15.5. The molecule has 0 aromatic rings. The normalized spacial score (nSPS) is 15.0. The lowest BCUT2D eigenvalue weighted by Crippen LogP contribution is -2.65. The van der Waals surface area contributed by atoms with E-state index >= 15 is 0 Å². The topological polar surface area (TPSA) is 64.6 Å². The lowest BCUT2D eigenvalue weighted by atomic mass is 9.88. The SMILES string of the molecule is COC(=O)[C@@](CC(C)C)(NC(=O)OCC[Si](C)(C)C)C(F)(F)F. The molecular formula is C14H26F3NO4Si. The Balaban J connectivity index is 5.22. The Morgan fingerprint density at radius 3 is 2.04 bits per heavy atom. The van der Waals surface area contributed by atoms with Crippen LogP contribution in [-0.2, 0) is 14.3 Å². The molecule has 0 bridgehead atoms. The van der Waals surface area contributed by atoms with Crippen molar-refractivity contribution in [3.63, 3.8) is 0 Å². The quantitative estimate of drug-likeness (QED) is 0.559. The van der Waals surface area contributed by atoms with Crippen LogP contribution in [0.5, 0.6) is 0 Å². The Hall–Kier alpha value is -1.25. The number of carbonyl (C=O) groups excluding carboxylic acids is 2. The number of hydrogen-bond acceptors (Lipinski definition) is 4.